The number of nitrogens with zero attached hydrogens (tertiary/aromatic N) is 2. The summed E-state index contributed by atoms with van der Waals surface area (Å²) in [7, 11) is 0. The van der Waals surface area contributed by atoms with Crippen molar-refractivity contribution < 1.29 is 0 Å². The second-order valence-corrected chi connectivity index (χ2v) is 2.15. The molecule has 11 heavy (non-hydrogen) atoms. The third kappa shape index (κ3) is 1.25. The van der Waals surface area contributed by atoms with Crippen molar-refractivity contribution in [3.8, 4) is 0 Å². The Kier molecular flexibility index (Phi) is 1.96. The zero-order chi connectivity index (χ0) is 8.43. The minimum atomic E-state index is -0.617. The summed E-state index contributed by atoms with van der Waals surface area (Å²) in [6, 6.07) is 1.18. The third-order valence-corrected chi connectivity index (χ3v) is 1.47. The van der Waals surface area contributed by atoms with Crippen LogP contribution in [0.15, 0.2) is 28.4 Å². The summed E-state index contributed by atoms with van der Waals surface area (Å²) < 4.78 is 1.59. The highest BCUT2D eigenvalue weighted by molar-refractivity contribution is 6.15. The minimum Gasteiger partial charge on any atom is -0.276 e. The Morgan fingerprint density at radius 3 is 2.73 bits per heavy atom. The average Bonchev–Trinajstić information content (AvgIpc) is 2.01. The first-order valence-corrected chi connectivity index (χ1v) is 3.13. The number of hydrogen-bond acceptors (Lipinski definition) is 2. The molecule has 0 spiro atoms. The number of rotatable bonds is 1. The molecule has 0 aliphatic heterocycles. The summed E-state index contributed by atoms with van der Waals surface area (Å²) in [6.45, 7) is 3.35. The van der Waals surface area contributed by atoms with Crippen molar-refractivity contribution in [1.29, 1.82) is 0 Å². The van der Waals surface area contributed by atoms with Crippen LogP contribution in [-0.4, -0.2) is 8.65 Å². The topological polar surface area (TPSA) is 44.0 Å². The Bertz CT molecular complexity index is 390. The number of hydrogen-bond donors (Lipinski definition) is 0. The van der Waals surface area contributed by atoms with Crippen molar-refractivity contribution in [3.05, 3.63) is 39.7 Å². The zero-order valence-corrected chi connectivity index (χ0v) is 6.28. The van der Waals surface area contributed by atoms with Gasteiger partial charge in [0, 0.05) is 30.2 Å². The van der Waals surface area contributed by atoms with E-state index in [9.17, 15) is 9.59 Å². The maximum Gasteiger partial charge on any atom is 0.350 e. The smallest absolute Gasteiger partial charge is 0.276 e. The van der Waals surface area contributed by atoms with Crippen molar-refractivity contribution >= 4 is 18.0 Å². The number of halogens is 1. The molecule has 4 nitrogen and oxygen atoms in total. The van der Waals surface area contributed by atoms with E-state index >= 15 is 0 Å². The molecule has 0 N–H and O–H groups in total. The van der Waals surface area contributed by atoms with E-state index in [0.29, 0.717) is 4.09 Å². The van der Waals surface area contributed by atoms with Crippen molar-refractivity contribution in [2.75, 3.05) is 0 Å². The highest BCUT2D eigenvalue weighted by atomic mass is 35.5. The molecule has 58 valence electrons. The molecular formula is C6H5ClN2O2. The molecule has 1 rings (SSSR count). The van der Waals surface area contributed by atoms with Gasteiger partial charge in [-0.1, -0.05) is 6.58 Å². The highest BCUT2D eigenvalue weighted by Crippen LogP contribution is 1.78. The standard InChI is InChI=1S/C6H5ClN2O2/c1-2-8-4-3-5(10)9(7)6(8)11/h2-4H,1H2. The van der Waals surface area contributed by atoms with Gasteiger partial charge >= 0.3 is 5.69 Å². The lowest BCUT2D eigenvalue weighted by atomic mass is 10.6. The lowest BCUT2D eigenvalue weighted by Gasteiger charge is -1.96. The summed E-state index contributed by atoms with van der Waals surface area (Å²) in [6.07, 6.45) is 2.57. The van der Waals surface area contributed by atoms with Crippen LogP contribution >= 0.6 is 11.8 Å². The first-order valence-electron chi connectivity index (χ1n) is 2.79. The Labute approximate surface area is 67.1 Å². The molecule has 1 heterocycles. The second kappa shape index (κ2) is 2.75. The molecule has 0 aliphatic rings. The molecule has 0 bridgehead atoms. The molecule has 0 saturated heterocycles. The molecular weight excluding hydrogens is 168 g/mol. The molecule has 1 aromatic heterocycles. The lowest BCUT2D eigenvalue weighted by molar-refractivity contribution is 0.891. The van der Waals surface area contributed by atoms with Crippen LogP contribution in [0.2, 0.25) is 0 Å². The van der Waals surface area contributed by atoms with E-state index in [0.717, 1.165) is 4.57 Å². The normalized spacial score (nSPS) is 9.55. The fourth-order valence-corrected chi connectivity index (χ4v) is 0.751. The molecule has 5 heteroatoms. The SMILES string of the molecule is C=Cn1ccc(=O)n(Cl)c1=O. The monoisotopic (exact) mass is 172 g/mol. The predicted molar refractivity (Wildman–Crippen MR) is 42.6 cm³/mol. The van der Waals surface area contributed by atoms with Crippen molar-refractivity contribution in [2.45, 2.75) is 0 Å². The Morgan fingerprint density at radius 1 is 1.55 bits per heavy atom. The molecule has 1 aromatic rings. The van der Waals surface area contributed by atoms with E-state index in [-0.39, 0.29) is 0 Å². The van der Waals surface area contributed by atoms with Crippen LogP contribution in [0.5, 0.6) is 0 Å². The Hall–Kier alpha value is -1.29. The van der Waals surface area contributed by atoms with E-state index in [1.165, 1.54) is 18.5 Å². The van der Waals surface area contributed by atoms with Crippen LogP contribution in [0, 0.1) is 0 Å². The van der Waals surface area contributed by atoms with Gasteiger partial charge in [-0.2, -0.15) is 4.09 Å². The average molecular weight is 173 g/mol. The van der Waals surface area contributed by atoms with Gasteiger partial charge in [-0.25, -0.2) is 4.79 Å². The predicted octanol–water partition coefficient (Wildman–Crippen LogP) is 0.112. The van der Waals surface area contributed by atoms with Crippen LogP contribution in [0.25, 0.3) is 6.20 Å². The molecule has 0 saturated carbocycles. The van der Waals surface area contributed by atoms with Gasteiger partial charge in [0.1, 0.15) is 0 Å². The van der Waals surface area contributed by atoms with Gasteiger partial charge in [-0.15, -0.1) is 0 Å². The molecule has 0 amide bonds. The summed E-state index contributed by atoms with van der Waals surface area (Å²) in [5.41, 5.74) is -1.16. The summed E-state index contributed by atoms with van der Waals surface area (Å²) in [5.74, 6) is 0. The van der Waals surface area contributed by atoms with Gasteiger partial charge in [-0.05, 0) is 0 Å². The van der Waals surface area contributed by atoms with Crippen LogP contribution in [-0.2, 0) is 0 Å². The van der Waals surface area contributed by atoms with Gasteiger partial charge in [0.25, 0.3) is 5.56 Å². The zero-order valence-electron chi connectivity index (χ0n) is 5.53. The number of aromatic nitrogens is 2. The fourth-order valence-electron chi connectivity index (χ4n) is 0.608. The molecule has 0 unspecified atom stereocenters. The first kappa shape index (κ1) is 7.81. The molecule has 0 aliphatic carbocycles. The molecule has 0 fully saturated rings. The van der Waals surface area contributed by atoms with Crippen LogP contribution in [0.1, 0.15) is 0 Å². The van der Waals surface area contributed by atoms with Gasteiger partial charge in [0.05, 0.1) is 0 Å². The van der Waals surface area contributed by atoms with E-state index in [4.69, 9.17) is 11.8 Å². The van der Waals surface area contributed by atoms with Crippen LogP contribution in [0.3, 0.4) is 0 Å². The van der Waals surface area contributed by atoms with Crippen molar-refractivity contribution in [3.63, 3.8) is 0 Å². The van der Waals surface area contributed by atoms with E-state index in [1.807, 2.05) is 0 Å². The van der Waals surface area contributed by atoms with E-state index in [1.54, 1.807) is 0 Å². The van der Waals surface area contributed by atoms with E-state index in [2.05, 4.69) is 6.58 Å². The fraction of sp³-hybridized carbons (Fsp3) is 0. The lowest BCUT2D eigenvalue weighted by Crippen LogP contribution is -2.32. The Balaban J connectivity index is 3.62. The minimum absolute atomic E-state index is 0.488. The second-order valence-electron chi connectivity index (χ2n) is 1.81. The third-order valence-electron chi connectivity index (χ3n) is 1.16. The first-order chi connectivity index (χ1) is 5.16. The maximum atomic E-state index is 10.9. The largest absolute Gasteiger partial charge is 0.350 e. The molecule has 0 aromatic carbocycles. The van der Waals surface area contributed by atoms with Crippen LogP contribution < -0.4 is 11.2 Å². The highest BCUT2D eigenvalue weighted by Gasteiger charge is 1.97. The summed E-state index contributed by atoms with van der Waals surface area (Å²) in [5, 5.41) is 0. The summed E-state index contributed by atoms with van der Waals surface area (Å²) >= 11 is 5.28. The van der Waals surface area contributed by atoms with Crippen molar-refractivity contribution in [1.82, 2.24) is 8.65 Å². The van der Waals surface area contributed by atoms with Crippen LogP contribution in [0.4, 0.5) is 0 Å². The Morgan fingerprint density at radius 2 is 2.18 bits per heavy atom. The van der Waals surface area contributed by atoms with Gasteiger partial charge in [-0.3, -0.25) is 9.36 Å². The molecule has 0 atom stereocenters. The van der Waals surface area contributed by atoms with Gasteiger partial charge in [0.15, 0.2) is 0 Å². The van der Waals surface area contributed by atoms with Gasteiger partial charge < -0.3 is 0 Å². The van der Waals surface area contributed by atoms with E-state index < -0.39 is 11.2 Å². The summed E-state index contributed by atoms with van der Waals surface area (Å²) in [4.78, 5) is 21.6. The van der Waals surface area contributed by atoms with Gasteiger partial charge in [0.2, 0.25) is 0 Å². The quantitative estimate of drug-likeness (QED) is 0.604. The maximum absolute atomic E-state index is 10.9. The van der Waals surface area contributed by atoms with Crippen molar-refractivity contribution in [2.24, 2.45) is 0 Å². The molecule has 0 radical (unpaired) electrons.